The number of hydrogen-bond acceptors (Lipinski definition) is 3. The molecule has 0 aliphatic carbocycles. The highest BCUT2D eigenvalue weighted by atomic mass is 16.6. The van der Waals surface area contributed by atoms with Gasteiger partial charge in [0, 0.05) is 6.42 Å². The van der Waals surface area contributed by atoms with Crippen molar-refractivity contribution in [1.82, 2.24) is 0 Å². The molecule has 0 radical (unpaired) electrons. The second kappa shape index (κ2) is 15.8. The molecule has 0 amide bonds. The van der Waals surface area contributed by atoms with Crippen LogP contribution in [0.2, 0.25) is 0 Å². The lowest BCUT2D eigenvalue weighted by Gasteiger charge is -2.09. The van der Waals surface area contributed by atoms with Gasteiger partial charge in [0.15, 0.2) is 0 Å². The van der Waals surface area contributed by atoms with E-state index in [1.807, 2.05) is 58.9 Å². The number of aryl methyl sites for hydroxylation is 1. The molecular weight excluding hydrogens is 302 g/mol. The van der Waals surface area contributed by atoms with Crippen LogP contribution in [0.1, 0.15) is 60.5 Å². The van der Waals surface area contributed by atoms with Crippen molar-refractivity contribution in [3.8, 4) is 5.75 Å². The van der Waals surface area contributed by atoms with E-state index in [1.165, 1.54) is 5.56 Å². The zero-order valence-corrected chi connectivity index (χ0v) is 16.3. The topological polar surface area (TPSA) is 52.4 Å². The smallest absolute Gasteiger partial charge is 0.252 e. The molecule has 1 aromatic rings. The third-order valence-corrected chi connectivity index (χ3v) is 2.99. The van der Waals surface area contributed by atoms with Crippen molar-refractivity contribution < 1.29 is 9.66 Å². The van der Waals surface area contributed by atoms with Crippen LogP contribution in [0.4, 0.5) is 0 Å². The molecule has 24 heavy (non-hydrogen) atoms. The molecular formula is C20H33NO3. The Morgan fingerprint density at radius 2 is 1.83 bits per heavy atom. The van der Waals surface area contributed by atoms with E-state index in [2.05, 4.69) is 6.92 Å². The van der Waals surface area contributed by atoms with Gasteiger partial charge in [-0.25, -0.2) is 0 Å². The summed E-state index contributed by atoms with van der Waals surface area (Å²) in [5.41, 5.74) is 2.00. The molecule has 0 unspecified atom stereocenters. The summed E-state index contributed by atoms with van der Waals surface area (Å²) in [6, 6.07) is 7.79. The average Bonchev–Trinajstić information content (AvgIpc) is 2.63. The van der Waals surface area contributed by atoms with Gasteiger partial charge >= 0.3 is 0 Å². The van der Waals surface area contributed by atoms with Crippen molar-refractivity contribution in [2.75, 3.05) is 6.61 Å². The summed E-state index contributed by atoms with van der Waals surface area (Å²) < 4.78 is 5.68. The van der Waals surface area contributed by atoms with Gasteiger partial charge in [0.25, 0.3) is 5.70 Å². The Bertz CT molecular complexity index is 519. The molecule has 0 fully saturated rings. The van der Waals surface area contributed by atoms with Gasteiger partial charge in [-0.1, -0.05) is 65.8 Å². The Morgan fingerprint density at radius 1 is 1.21 bits per heavy atom. The number of ether oxygens (including phenoxy) is 1. The van der Waals surface area contributed by atoms with Gasteiger partial charge in [-0.3, -0.25) is 10.1 Å². The molecule has 1 aromatic carbocycles. The molecule has 4 heteroatoms. The molecule has 136 valence electrons. The quantitative estimate of drug-likeness (QED) is 0.339. The molecule has 4 nitrogen and oxygen atoms in total. The Labute approximate surface area is 147 Å². The first-order chi connectivity index (χ1) is 11.6. The van der Waals surface area contributed by atoms with Crippen molar-refractivity contribution in [2.24, 2.45) is 0 Å². The largest absolute Gasteiger partial charge is 0.489 e. The van der Waals surface area contributed by atoms with E-state index in [0.29, 0.717) is 12.0 Å². The molecule has 0 saturated heterocycles. The van der Waals surface area contributed by atoms with E-state index >= 15 is 0 Å². The lowest BCUT2D eigenvalue weighted by molar-refractivity contribution is -0.428. The standard InChI is InChI=1S/C16H21NO3.2C2H6/c1-4-8-14(16(6-3)17(18)19)12-20-15-10-7-9-13(5-2)11-15;2*1-2/h4,7-11H,5-6,12H2,1-3H3;2*1-2H3/b8-4-,16-14-;;. The van der Waals surface area contributed by atoms with Crippen LogP contribution in [0.5, 0.6) is 5.75 Å². The number of nitrogens with zero attached hydrogens (tertiary/aromatic N) is 1. The molecule has 0 bridgehead atoms. The summed E-state index contributed by atoms with van der Waals surface area (Å²) in [5.74, 6) is 0.741. The lowest BCUT2D eigenvalue weighted by atomic mass is 10.1. The molecule has 0 saturated carbocycles. The third kappa shape index (κ3) is 9.13. The molecule has 0 N–H and O–H groups in total. The normalized spacial score (nSPS) is 10.8. The summed E-state index contributed by atoms with van der Waals surface area (Å²) in [5, 5.41) is 11.0. The van der Waals surface area contributed by atoms with Crippen LogP contribution in [0.25, 0.3) is 0 Å². The number of rotatable bonds is 7. The summed E-state index contributed by atoms with van der Waals surface area (Å²) in [7, 11) is 0. The summed E-state index contributed by atoms with van der Waals surface area (Å²) in [4.78, 5) is 10.7. The van der Waals surface area contributed by atoms with Gasteiger partial charge in [0.1, 0.15) is 12.4 Å². The first kappa shape index (κ1) is 24.2. The Hall–Kier alpha value is -2.10. The van der Waals surface area contributed by atoms with E-state index in [-0.39, 0.29) is 17.2 Å². The van der Waals surface area contributed by atoms with Crippen molar-refractivity contribution in [2.45, 2.75) is 61.3 Å². The van der Waals surface area contributed by atoms with Gasteiger partial charge in [-0.2, -0.15) is 0 Å². The predicted molar refractivity (Wildman–Crippen MR) is 103 cm³/mol. The number of benzene rings is 1. The fraction of sp³-hybridized carbons (Fsp3) is 0.500. The Kier molecular flexibility index (Phi) is 15.9. The van der Waals surface area contributed by atoms with Gasteiger partial charge in [-0.05, 0) is 31.0 Å². The number of nitro groups is 1. The van der Waals surface area contributed by atoms with E-state index in [9.17, 15) is 10.1 Å². The van der Waals surface area contributed by atoms with Crippen molar-refractivity contribution >= 4 is 0 Å². The van der Waals surface area contributed by atoms with Crippen molar-refractivity contribution in [3.63, 3.8) is 0 Å². The van der Waals surface area contributed by atoms with Crippen LogP contribution in [-0.4, -0.2) is 11.5 Å². The zero-order valence-electron chi connectivity index (χ0n) is 16.3. The fourth-order valence-corrected chi connectivity index (χ4v) is 1.92. The highest BCUT2D eigenvalue weighted by Gasteiger charge is 2.14. The summed E-state index contributed by atoms with van der Waals surface area (Å²) in [6.07, 6.45) is 4.85. The van der Waals surface area contributed by atoms with Crippen molar-refractivity contribution in [1.29, 1.82) is 0 Å². The maximum atomic E-state index is 11.0. The molecule has 0 aromatic heterocycles. The fourth-order valence-electron chi connectivity index (χ4n) is 1.92. The second-order valence-electron chi connectivity index (χ2n) is 4.37. The monoisotopic (exact) mass is 335 g/mol. The molecule has 0 aliphatic heterocycles. The highest BCUT2D eigenvalue weighted by molar-refractivity contribution is 5.30. The Balaban J connectivity index is 0. The summed E-state index contributed by atoms with van der Waals surface area (Å²) in [6.45, 7) is 13.9. The molecule has 0 heterocycles. The SMILES string of the molecule is C/C=C\C(COc1cccc(CC)c1)=C(/CC)[N+](=O)[O-].CC.CC. The van der Waals surface area contributed by atoms with Gasteiger partial charge < -0.3 is 4.74 Å². The molecule has 0 spiro atoms. The number of hydrogen-bond donors (Lipinski definition) is 0. The van der Waals surface area contributed by atoms with Gasteiger partial charge in [0.2, 0.25) is 0 Å². The van der Waals surface area contributed by atoms with Crippen LogP contribution < -0.4 is 4.74 Å². The van der Waals surface area contributed by atoms with Crippen LogP contribution >= 0.6 is 0 Å². The van der Waals surface area contributed by atoms with Crippen LogP contribution in [0.3, 0.4) is 0 Å². The first-order valence-corrected chi connectivity index (χ1v) is 8.83. The zero-order chi connectivity index (χ0) is 19.0. The van der Waals surface area contributed by atoms with Crippen LogP contribution in [0, 0.1) is 10.1 Å². The van der Waals surface area contributed by atoms with E-state index in [0.717, 1.165) is 12.2 Å². The highest BCUT2D eigenvalue weighted by Crippen LogP contribution is 2.17. The minimum atomic E-state index is -0.332. The third-order valence-electron chi connectivity index (χ3n) is 2.99. The molecule has 0 aliphatic rings. The molecule has 0 atom stereocenters. The maximum absolute atomic E-state index is 11.0. The van der Waals surface area contributed by atoms with Crippen LogP contribution in [-0.2, 0) is 6.42 Å². The predicted octanol–water partition coefficient (Wildman–Crippen LogP) is 6.20. The van der Waals surface area contributed by atoms with Gasteiger partial charge in [-0.15, -0.1) is 0 Å². The van der Waals surface area contributed by atoms with E-state index < -0.39 is 0 Å². The minimum Gasteiger partial charge on any atom is -0.489 e. The first-order valence-electron chi connectivity index (χ1n) is 8.83. The molecule has 1 rings (SSSR count). The van der Waals surface area contributed by atoms with E-state index in [1.54, 1.807) is 19.1 Å². The van der Waals surface area contributed by atoms with Crippen LogP contribution in [0.15, 0.2) is 47.7 Å². The van der Waals surface area contributed by atoms with Gasteiger partial charge in [0.05, 0.1) is 10.5 Å². The summed E-state index contributed by atoms with van der Waals surface area (Å²) >= 11 is 0. The minimum absolute atomic E-state index is 0.203. The Morgan fingerprint density at radius 3 is 2.29 bits per heavy atom. The number of allylic oxidation sites excluding steroid dienone is 2. The maximum Gasteiger partial charge on any atom is 0.252 e. The van der Waals surface area contributed by atoms with E-state index in [4.69, 9.17) is 4.74 Å². The average molecular weight is 335 g/mol. The second-order valence-corrected chi connectivity index (χ2v) is 4.37. The lowest BCUT2D eigenvalue weighted by Crippen LogP contribution is -2.08. The van der Waals surface area contributed by atoms with Crippen molar-refractivity contribution in [3.05, 3.63) is 63.4 Å².